The van der Waals surface area contributed by atoms with E-state index in [2.05, 4.69) is 0 Å². The van der Waals surface area contributed by atoms with Gasteiger partial charge in [0, 0.05) is 10.9 Å². The Morgan fingerprint density at radius 3 is 2.86 bits per heavy atom. The van der Waals surface area contributed by atoms with Crippen molar-refractivity contribution in [3.8, 4) is 17.2 Å². The van der Waals surface area contributed by atoms with Gasteiger partial charge in [-0.3, -0.25) is 0 Å². The molecule has 0 fully saturated rings. The van der Waals surface area contributed by atoms with Gasteiger partial charge in [-0.2, -0.15) is 0 Å². The molecule has 114 valence electrons. The molecule has 4 rings (SSSR count). The van der Waals surface area contributed by atoms with Crippen molar-refractivity contribution < 1.29 is 19.0 Å². The molecule has 2 aromatic rings. The summed E-state index contributed by atoms with van der Waals surface area (Å²) in [6, 6.07) is 7.18. The van der Waals surface area contributed by atoms with Crippen molar-refractivity contribution in [1.29, 1.82) is 0 Å². The van der Waals surface area contributed by atoms with Crippen LogP contribution in [0.2, 0.25) is 0 Å². The number of esters is 1. The molecule has 1 aliphatic heterocycles. The Balaban J connectivity index is 1.52. The van der Waals surface area contributed by atoms with Crippen molar-refractivity contribution in [3.63, 3.8) is 0 Å². The minimum absolute atomic E-state index is 0.213. The van der Waals surface area contributed by atoms with E-state index >= 15 is 0 Å². The first kappa shape index (κ1) is 13.6. The van der Waals surface area contributed by atoms with Crippen molar-refractivity contribution >= 4 is 17.3 Å². The maximum atomic E-state index is 12.3. The van der Waals surface area contributed by atoms with E-state index in [1.54, 1.807) is 29.5 Å². The van der Waals surface area contributed by atoms with E-state index < -0.39 is 0 Å². The topological polar surface area (TPSA) is 44.8 Å². The van der Waals surface area contributed by atoms with Crippen LogP contribution >= 0.6 is 11.3 Å². The zero-order chi connectivity index (χ0) is 14.9. The predicted octanol–water partition coefficient (Wildman–Crippen LogP) is 3.96. The summed E-state index contributed by atoms with van der Waals surface area (Å²) in [5.74, 6) is 1.49. The van der Waals surface area contributed by atoms with Crippen molar-refractivity contribution in [2.75, 3.05) is 6.79 Å². The molecular formula is C17H16O4S. The number of rotatable bonds is 2. The number of ether oxygens (including phenoxy) is 3. The molecule has 0 saturated carbocycles. The lowest BCUT2D eigenvalue weighted by Crippen LogP contribution is -2.06. The summed E-state index contributed by atoms with van der Waals surface area (Å²) in [4.78, 5) is 14.4. The largest absolute Gasteiger partial charge is 0.454 e. The van der Waals surface area contributed by atoms with E-state index in [9.17, 15) is 4.79 Å². The molecule has 2 aliphatic rings. The van der Waals surface area contributed by atoms with Gasteiger partial charge in [-0.25, -0.2) is 4.79 Å². The van der Waals surface area contributed by atoms with Gasteiger partial charge < -0.3 is 14.2 Å². The van der Waals surface area contributed by atoms with Gasteiger partial charge in [0.2, 0.25) is 6.79 Å². The molecule has 22 heavy (non-hydrogen) atoms. The number of thiophene rings is 1. The minimum Gasteiger partial charge on any atom is -0.454 e. The highest BCUT2D eigenvalue weighted by atomic mass is 32.1. The van der Waals surface area contributed by atoms with Crippen molar-refractivity contribution in [2.45, 2.75) is 32.1 Å². The average Bonchev–Trinajstić information content (AvgIpc) is 3.09. The maximum absolute atomic E-state index is 12.3. The number of fused-ring (bicyclic) bond motifs is 2. The molecule has 1 aliphatic carbocycles. The fourth-order valence-corrected chi connectivity index (χ4v) is 4.00. The van der Waals surface area contributed by atoms with Crippen LogP contribution in [-0.4, -0.2) is 12.8 Å². The summed E-state index contributed by atoms with van der Waals surface area (Å²) in [6.45, 7) is 0.213. The lowest BCUT2D eigenvalue weighted by atomic mass is 10.1. The molecule has 4 nitrogen and oxygen atoms in total. The predicted molar refractivity (Wildman–Crippen MR) is 83.1 cm³/mol. The molecule has 1 aromatic carbocycles. The maximum Gasteiger partial charge on any atom is 0.353 e. The van der Waals surface area contributed by atoms with E-state index in [-0.39, 0.29) is 12.8 Å². The van der Waals surface area contributed by atoms with Gasteiger partial charge >= 0.3 is 5.97 Å². The molecule has 0 unspecified atom stereocenters. The van der Waals surface area contributed by atoms with Crippen LogP contribution in [0, 0.1) is 0 Å². The van der Waals surface area contributed by atoms with Crippen molar-refractivity contribution in [1.82, 2.24) is 0 Å². The Labute approximate surface area is 132 Å². The summed E-state index contributed by atoms with van der Waals surface area (Å²) in [5, 5.41) is 0. The summed E-state index contributed by atoms with van der Waals surface area (Å²) >= 11 is 1.57. The SMILES string of the molecule is O=C(Oc1ccc2c(c1)OCO2)c1cc2c(s1)CCCCC2. The number of aryl methyl sites for hydroxylation is 2. The highest BCUT2D eigenvalue weighted by Crippen LogP contribution is 2.36. The zero-order valence-corrected chi connectivity index (χ0v) is 12.9. The number of hydrogen-bond acceptors (Lipinski definition) is 5. The van der Waals surface area contributed by atoms with E-state index in [1.807, 2.05) is 6.07 Å². The quantitative estimate of drug-likeness (QED) is 0.478. The molecular weight excluding hydrogens is 300 g/mol. The second-order valence-corrected chi connectivity index (χ2v) is 6.66. The third-order valence-electron chi connectivity index (χ3n) is 4.00. The van der Waals surface area contributed by atoms with E-state index in [0.717, 1.165) is 12.8 Å². The summed E-state index contributed by atoms with van der Waals surface area (Å²) in [5.41, 5.74) is 1.32. The third kappa shape index (κ3) is 2.57. The van der Waals surface area contributed by atoms with E-state index in [0.29, 0.717) is 22.1 Å². The summed E-state index contributed by atoms with van der Waals surface area (Å²) in [7, 11) is 0. The van der Waals surface area contributed by atoms with Gasteiger partial charge in [-0.05, 0) is 49.4 Å². The van der Waals surface area contributed by atoms with Crippen LogP contribution in [0.3, 0.4) is 0 Å². The normalized spacial score (nSPS) is 16.0. The van der Waals surface area contributed by atoms with Crippen LogP contribution in [0.4, 0.5) is 0 Å². The first-order valence-corrected chi connectivity index (χ1v) is 8.35. The fourth-order valence-electron chi connectivity index (χ4n) is 2.87. The highest BCUT2D eigenvalue weighted by molar-refractivity contribution is 7.14. The van der Waals surface area contributed by atoms with Crippen molar-refractivity contribution in [2.24, 2.45) is 0 Å². The molecule has 5 heteroatoms. The van der Waals surface area contributed by atoms with Crippen LogP contribution in [-0.2, 0) is 12.8 Å². The van der Waals surface area contributed by atoms with Gasteiger partial charge in [0.25, 0.3) is 0 Å². The molecule has 0 saturated heterocycles. The Hall–Kier alpha value is -2.01. The Morgan fingerprint density at radius 1 is 1.05 bits per heavy atom. The molecule has 2 heterocycles. The molecule has 0 N–H and O–H groups in total. The number of benzene rings is 1. The van der Waals surface area contributed by atoms with Gasteiger partial charge in [0.1, 0.15) is 10.6 Å². The first-order chi connectivity index (χ1) is 10.8. The monoisotopic (exact) mass is 316 g/mol. The van der Waals surface area contributed by atoms with Gasteiger partial charge in [0.15, 0.2) is 11.5 Å². The molecule has 0 spiro atoms. The molecule has 0 atom stereocenters. The molecule has 0 bridgehead atoms. The first-order valence-electron chi connectivity index (χ1n) is 7.53. The standard InChI is InChI=1S/C17H16O4S/c18-17(16-8-11-4-2-1-3-5-15(11)22-16)21-12-6-7-13-14(9-12)20-10-19-13/h6-9H,1-5,10H2. The van der Waals surface area contributed by atoms with Gasteiger partial charge in [-0.15, -0.1) is 11.3 Å². The summed E-state index contributed by atoms with van der Waals surface area (Å²) < 4.78 is 16.0. The van der Waals surface area contributed by atoms with E-state index in [1.165, 1.54) is 29.7 Å². The second kappa shape index (κ2) is 5.65. The Bertz CT molecular complexity index is 696. The van der Waals surface area contributed by atoms with E-state index in [4.69, 9.17) is 14.2 Å². The Morgan fingerprint density at radius 2 is 1.91 bits per heavy atom. The minimum atomic E-state index is -0.295. The van der Waals surface area contributed by atoms with Crippen LogP contribution in [0.25, 0.3) is 0 Å². The lowest BCUT2D eigenvalue weighted by Gasteiger charge is -2.03. The summed E-state index contributed by atoms with van der Waals surface area (Å²) in [6.07, 6.45) is 5.85. The number of carbonyl (C=O) groups excluding carboxylic acids is 1. The van der Waals surface area contributed by atoms with Crippen LogP contribution in [0.15, 0.2) is 24.3 Å². The average molecular weight is 316 g/mol. The zero-order valence-electron chi connectivity index (χ0n) is 12.1. The smallest absolute Gasteiger partial charge is 0.353 e. The van der Waals surface area contributed by atoms with Crippen LogP contribution < -0.4 is 14.2 Å². The van der Waals surface area contributed by atoms with Crippen molar-refractivity contribution in [3.05, 3.63) is 39.6 Å². The molecule has 0 amide bonds. The highest BCUT2D eigenvalue weighted by Gasteiger charge is 2.19. The lowest BCUT2D eigenvalue weighted by molar-refractivity contribution is 0.0739. The van der Waals surface area contributed by atoms with Gasteiger partial charge in [0.05, 0.1) is 0 Å². The third-order valence-corrected chi connectivity index (χ3v) is 5.22. The van der Waals surface area contributed by atoms with Crippen LogP contribution in [0.5, 0.6) is 17.2 Å². The fraction of sp³-hybridized carbons (Fsp3) is 0.353. The van der Waals surface area contributed by atoms with Gasteiger partial charge in [-0.1, -0.05) is 6.42 Å². The van der Waals surface area contributed by atoms with Crippen LogP contribution in [0.1, 0.15) is 39.4 Å². The number of hydrogen-bond donors (Lipinski definition) is 0. The molecule has 1 aromatic heterocycles. The number of carbonyl (C=O) groups is 1. The second-order valence-electron chi connectivity index (χ2n) is 5.52. The molecule has 0 radical (unpaired) electrons. The Kier molecular flexibility index (Phi) is 3.50.